The average molecular weight is 364 g/mol. The summed E-state index contributed by atoms with van der Waals surface area (Å²) in [5.41, 5.74) is 1.87. The molecule has 1 aliphatic carbocycles. The van der Waals surface area contributed by atoms with Gasteiger partial charge < -0.3 is 4.52 Å². The van der Waals surface area contributed by atoms with Crippen molar-refractivity contribution in [1.29, 1.82) is 0 Å². The first-order valence-corrected chi connectivity index (χ1v) is 10.9. The lowest BCUT2D eigenvalue weighted by Gasteiger charge is -2.12. The summed E-state index contributed by atoms with van der Waals surface area (Å²) in [6.45, 7) is 4.25. The maximum Gasteiger partial charge on any atom is 0.181 e. The van der Waals surface area contributed by atoms with Crippen LogP contribution in [0.2, 0.25) is 0 Å². The molecule has 0 N–H and O–H groups in total. The van der Waals surface area contributed by atoms with Crippen LogP contribution in [-0.4, -0.2) is 39.8 Å². The zero-order chi connectivity index (χ0) is 17.6. The van der Waals surface area contributed by atoms with Gasteiger partial charge in [0.25, 0.3) is 0 Å². The number of aryl methyl sites for hydroxylation is 1. The fourth-order valence-corrected chi connectivity index (χ4v) is 5.46. The fourth-order valence-electron chi connectivity index (χ4n) is 3.76. The minimum atomic E-state index is -2.99. The smallest absolute Gasteiger partial charge is 0.181 e. The summed E-state index contributed by atoms with van der Waals surface area (Å²) < 4.78 is 31.2. The third kappa shape index (κ3) is 3.23. The van der Waals surface area contributed by atoms with E-state index in [1.807, 2.05) is 0 Å². The van der Waals surface area contributed by atoms with Crippen molar-refractivity contribution in [2.75, 3.05) is 11.5 Å². The van der Waals surface area contributed by atoms with Crippen LogP contribution in [-0.2, 0) is 29.1 Å². The third-order valence-corrected chi connectivity index (χ3v) is 6.73. The third-order valence-electron chi connectivity index (χ3n) is 4.98. The van der Waals surface area contributed by atoms with Crippen LogP contribution in [0.5, 0.6) is 0 Å². The normalized spacial score (nSPS) is 22.4. The summed E-state index contributed by atoms with van der Waals surface area (Å²) in [5.74, 6) is 3.15. The van der Waals surface area contributed by atoms with Gasteiger partial charge in [0, 0.05) is 18.4 Å². The van der Waals surface area contributed by atoms with Crippen LogP contribution in [0.3, 0.4) is 0 Å². The highest BCUT2D eigenvalue weighted by Crippen LogP contribution is 2.33. The van der Waals surface area contributed by atoms with Gasteiger partial charge in [-0.25, -0.2) is 18.1 Å². The van der Waals surface area contributed by atoms with E-state index in [0.29, 0.717) is 18.2 Å². The maximum absolute atomic E-state index is 11.9. The van der Waals surface area contributed by atoms with Gasteiger partial charge in [0.15, 0.2) is 27.2 Å². The SMILES string of the molecule is CC(C)Cc1nc(-c2noc3c2CCCC3)n([C@@H]2CCS(=O)(=O)C2)n1. The van der Waals surface area contributed by atoms with E-state index in [4.69, 9.17) is 9.51 Å². The second-order valence-corrected chi connectivity index (χ2v) is 9.82. The maximum atomic E-state index is 11.9. The molecule has 3 heterocycles. The second-order valence-electron chi connectivity index (χ2n) is 7.59. The van der Waals surface area contributed by atoms with Crippen molar-refractivity contribution in [3.05, 3.63) is 17.1 Å². The molecule has 0 bridgehead atoms. The van der Waals surface area contributed by atoms with Gasteiger partial charge in [-0.05, 0) is 31.6 Å². The predicted octanol–water partition coefficient (Wildman–Crippen LogP) is 2.37. The predicted molar refractivity (Wildman–Crippen MR) is 93.0 cm³/mol. The number of hydrogen-bond donors (Lipinski definition) is 0. The van der Waals surface area contributed by atoms with E-state index >= 15 is 0 Å². The van der Waals surface area contributed by atoms with Crippen molar-refractivity contribution in [2.24, 2.45) is 5.92 Å². The molecule has 1 atom stereocenters. The molecule has 2 aromatic rings. The fraction of sp³-hybridized carbons (Fsp3) is 0.706. The molecule has 25 heavy (non-hydrogen) atoms. The lowest BCUT2D eigenvalue weighted by Crippen LogP contribution is -2.15. The monoisotopic (exact) mass is 364 g/mol. The van der Waals surface area contributed by atoms with Gasteiger partial charge in [0.2, 0.25) is 0 Å². The summed E-state index contributed by atoms with van der Waals surface area (Å²) in [5, 5.41) is 8.94. The molecule has 136 valence electrons. The van der Waals surface area contributed by atoms with E-state index in [1.54, 1.807) is 4.68 Å². The van der Waals surface area contributed by atoms with Gasteiger partial charge in [0.05, 0.1) is 17.5 Å². The molecule has 4 rings (SSSR count). The Kier molecular flexibility index (Phi) is 4.17. The van der Waals surface area contributed by atoms with Crippen LogP contribution in [0.4, 0.5) is 0 Å². The minimum absolute atomic E-state index is 0.129. The zero-order valence-electron chi connectivity index (χ0n) is 14.7. The zero-order valence-corrected chi connectivity index (χ0v) is 15.5. The molecule has 2 aromatic heterocycles. The highest BCUT2D eigenvalue weighted by atomic mass is 32.2. The van der Waals surface area contributed by atoms with Crippen molar-refractivity contribution in [1.82, 2.24) is 19.9 Å². The Morgan fingerprint density at radius 2 is 2.08 bits per heavy atom. The summed E-state index contributed by atoms with van der Waals surface area (Å²) in [4.78, 5) is 4.73. The van der Waals surface area contributed by atoms with Crippen molar-refractivity contribution < 1.29 is 12.9 Å². The van der Waals surface area contributed by atoms with E-state index in [1.165, 1.54) is 0 Å². The van der Waals surface area contributed by atoms with Crippen LogP contribution >= 0.6 is 0 Å². The Morgan fingerprint density at radius 1 is 1.28 bits per heavy atom. The van der Waals surface area contributed by atoms with Crippen LogP contribution < -0.4 is 0 Å². The first kappa shape index (κ1) is 16.8. The highest BCUT2D eigenvalue weighted by Gasteiger charge is 2.34. The Balaban J connectivity index is 1.78. The van der Waals surface area contributed by atoms with Gasteiger partial charge in [0.1, 0.15) is 5.76 Å². The van der Waals surface area contributed by atoms with Crippen molar-refractivity contribution in [3.63, 3.8) is 0 Å². The first-order chi connectivity index (χ1) is 11.9. The van der Waals surface area contributed by atoms with Gasteiger partial charge in [-0.2, -0.15) is 5.10 Å². The van der Waals surface area contributed by atoms with Gasteiger partial charge in [-0.1, -0.05) is 19.0 Å². The number of aromatic nitrogens is 4. The Hall–Kier alpha value is -1.70. The van der Waals surface area contributed by atoms with E-state index in [2.05, 4.69) is 24.1 Å². The Labute approximate surface area is 147 Å². The molecule has 0 spiro atoms. The number of rotatable bonds is 4. The lowest BCUT2D eigenvalue weighted by molar-refractivity contribution is 0.373. The minimum Gasteiger partial charge on any atom is -0.360 e. The molecule has 0 unspecified atom stereocenters. The Bertz CT molecular complexity index is 882. The highest BCUT2D eigenvalue weighted by molar-refractivity contribution is 7.91. The second kappa shape index (κ2) is 6.23. The lowest BCUT2D eigenvalue weighted by atomic mass is 9.96. The largest absolute Gasteiger partial charge is 0.360 e. The summed E-state index contributed by atoms with van der Waals surface area (Å²) in [7, 11) is -2.99. The van der Waals surface area contributed by atoms with Crippen molar-refractivity contribution in [3.8, 4) is 11.5 Å². The molecule has 0 saturated carbocycles. The number of hydrogen-bond acceptors (Lipinski definition) is 6. The van der Waals surface area contributed by atoms with Crippen molar-refractivity contribution >= 4 is 9.84 Å². The van der Waals surface area contributed by atoms with Crippen LogP contribution in [0.1, 0.15) is 56.3 Å². The molecule has 8 heteroatoms. The van der Waals surface area contributed by atoms with Gasteiger partial charge in [-0.3, -0.25) is 0 Å². The molecule has 7 nitrogen and oxygen atoms in total. The van der Waals surface area contributed by atoms with Crippen LogP contribution in [0.15, 0.2) is 4.52 Å². The van der Waals surface area contributed by atoms with E-state index in [0.717, 1.165) is 54.9 Å². The molecule has 0 aromatic carbocycles. The average Bonchev–Trinajstić information content (AvgIpc) is 3.22. The first-order valence-electron chi connectivity index (χ1n) is 9.06. The number of nitrogens with zero attached hydrogens (tertiary/aromatic N) is 4. The standard InChI is InChI=1S/C17H24N4O3S/c1-11(2)9-15-18-17(16-13-5-3-4-6-14(13)24-20-16)21(19-15)12-7-8-25(22,23)10-12/h11-12H,3-10H2,1-2H3/t12-/m1/s1. The van der Waals surface area contributed by atoms with Gasteiger partial charge in [-0.15, -0.1) is 0 Å². The summed E-state index contributed by atoms with van der Waals surface area (Å²) >= 11 is 0. The molecular formula is C17H24N4O3S. The Morgan fingerprint density at radius 3 is 2.80 bits per heavy atom. The quantitative estimate of drug-likeness (QED) is 0.827. The molecule has 0 amide bonds. The summed E-state index contributed by atoms with van der Waals surface area (Å²) in [6, 6.07) is -0.163. The van der Waals surface area contributed by atoms with Crippen LogP contribution in [0, 0.1) is 5.92 Å². The molecule has 0 radical (unpaired) electrons. The number of sulfone groups is 1. The van der Waals surface area contributed by atoms with E-state index in [9.17, 15) is 8.42 Å². The van der Waals surface area contributed by atoms with Crippen molar-refractivity contribution in [2.45, 2.75) is 58.4 Å². The topological polar surface area (TPSA) is 90.9 Å². The molecule has 2 aliphatic rings. The molecule has 1 saturated heterocycles. The van der Waals surface area contributed by atoms with Gasteiger partial charge >= 0.3 is 0 Å². The number of fused-ring (bicyclic) bond motifs is 1. The van der Waals surface area contributed by atoms with E-state index in [-0.39, 0.29) is 17.5 Å². The summed E-state index contributed by atoms with van der Waals surface area (Å²) in [6.07, 6.45) is 5.43. The molecule has 1 fully saturated rings. The van der Waals surface area contributed by atoms with Crippen LogP contribution in [0.25, 0.3) is 11.5 Å². The molecule has 1 aliphatic heterocycles. The molecular weight excluding hydrogens is 340 g/mol. The van der Waals surface area contributed by atoms with E-state index < -0.39 is 9.84 Å².